The van der Waals surface area contributed by atoms with Crippen molar-refractivity contribution >= 4 is 23.4 Å². The first-order chi connectivity index (χ1) is 9.06. The zero-order valence-electron chi connectivity index (χ0n) is 10.7. The van der Waals surface area contributed by atoms with Crippen LogP contribution < -0.4 is 22.1 Å². The van der Waals surface area contributed by atoms with Crippen LogP contribution in [0.1, 0.15) is 17.3 Å². The predicted octanol–water partition coefficient (Wildman–Crippen LogP) is 0.526. The molecule has 0 spiro atoms. The molecule has 0 aliphatic heterocycles. The Morgan fingerprint density at radius 1 is 1.32 bits per heavy atom. The van der Waals surface area contributed by atoms with E-state index in [1.807, 2.05) is 0 Å². The monoisotopic (exact) mass is 266 g/mol. The van der Waals surface area contributed by atoms with Crippen LogP contribution in [0.5, 0.6) is 0 Å². The van der Waals surface area contributed by atoms with E-state index in [-0.39, 0.29) is 6.61 Å². The molecule has 0 saturated heterocycles. The molecule has 1 rings (SSSR count). The zero-order valence-corrected chi connectivity index (χ0v) is 10.7. The maximum atomic E-state index is 11.8. The number of hydrogen-bond donors (Lipinski definition) is 4. The average Bonchev–Trinajstić information content (AvgIpc) is 2.36. The summed E-state index contributed by atoms with van der Waals surface area (Å²) in [6.07, 6.45) is 0. The van der Waals surface area contributed by atoms with E-state index in [9.17, 15) is 9.59 Å². The van der Waals surface area contributed by atoms with Gasteiger partial charge < -0.3 is 26.8 Å². The van der Waals surface area contributed by atoms with Gasteiger partial charge in [0, 0.05) is 13.1 Å². The molecule has 1 aromatic rings. The molecule has 0 atom stereocenters. The SMILES string of the molecule is CCOC(=O)c1cccc(N)c1NCCNC(N)=O. The van der Waals surface area contributed by atoms with Crippen molar-refractivity contribution in [2.75, 3.05) is 30.7 Å². The molecule has 7 nitrogen and oxygen atoms in total. The van der Waals surface area contributed by atoms with Crippen molar-refractivity contribution in [3.8, 4) is 0 Å². The largest absolute Gasteiger partial charge is 0.462 e. The van der Waals surface area contributed by atoms with E-state index in [4.69, 9.17) is 16.2 Å². The Morgan fingerprint density at radius 3 is 2.68 bits per heavy atom. The lowest BCUT2D eigenvalue weighted by atomic mass is 10.1. The van der Waals surface area contributed by atoms with E-state index in [1.54, 1.807) is 25.1 Å². The van der Waals surface area contributed by atoms with Crippen molar-refractivity contribution in [3.05, 3.63) is 23.8 Å². The molecule has 7 heteroatoms. The highest BCUT2D eigenvalue weighted by Gasteiger charge is 2.14. The van der Waals surface area contributed by atoms with Crippen LogP contribution in [0, 0.1) is 0 Å². The van der Waals surface area contributed by atoms with Gasteiger partial charge in [-0.15, -0.1) is 0 Å². The number of primary amides is 1. The molecule has 0 heterocycles. The van der Waals surface area contributed by atoms with Gasteiger partial charge in [-0.2, -0.15) is 0 Å². The number of nitrogens with one attached hydrogen (secondary N) is 2. The quantitative estimate of drug-likeness (QED) is 0.340. The highest BCUT2D eigenvalue weighted by molar-refractivity contribution is 5.98. The van der Waals surface area contributed by atoms with Crippen LogP contribution in [0.25, 0.3) is 0 Å². The molecule has 0 unspecified atom stereocenters. The molecule has 0 aliphatic rings. The Kier molecular flexibility index (Phi) is 5.46. The minimum absolute atomic E-state index is 0.288. The number of para-hydroxylation sites is 1. The molecule has 0 fully saturated rings. The fourth-order valence-electron chi connectivity index (χ4n) is 1.52. The van der Waals surface area contributed by atoms with Gasteiger partial charge in [0.05, 0.1) is 23.5 Å². The molecule has 104 valence electrons. The first kappa shape index (κ1) is 14.6. The molecule has 6 N–H and O–H groups in total. The third kappa shape index (κ3) is 4.38. The van der Waals surface area contributed by atoms with Gasteiger partial charge in [-0.3, -0.25) is 0 Å². The van der Waals surface area contributed by atoms with Crippen LogP contribution >= 0.6 is 0 Å². The molecule has 0 radical (unpaired) electrons. The second-order valence-corrected chi connectivity index (χ2v) is 3.71. The third-order valence-electron chi connectivity index (χ3n) is 2.32. The lowest BCUT2D eigenvalue weighted by Gasteiger charge is -2.13. The van der Waals surface area contributed by atoms with Gasteiger partial charge in [0.2, 0.25) is 0 Å². The van der Waals surface area contributed by atoms with Gasteiger partial charge in [-0.25, -0.2) is 9.59 Å². The van der Waals surface area contributed by atoms with Gasteiger partial charge in [0.25, 0.3) is 0 Å². The average molecular weight is 266 g/mol. The number of ether oxygens (including phenoxy) is 1. The third-order valence-corrected chi connectivity index (χ3v) is 2.32. The molecule has 1 aromatic carbocycles. The number of rotatable bonds is 6. The van der Waals surface area contributed by atoms with Gasteiger partial charge in [0.15, 0.2) is 0 Å². The molecular weight excluding hydrogens is 248 g/mol. The minimum Gasteiger partial charge on any atom is -0.462 e. The lowest BCUT2D eigenvalue weighted by Crippen LogP contribution is -2.33. The van der Waals surface area contributed by atoms with Crippen LogP contribution in [0.15, 0.2) is 18.2 Å². The summed E-state index contributed by atoms with van der Waals surface area (Å²) < 4.78 is 4.94. The Morgan fingerprint density at radius 2 is 2.05 bits per heavy atom. The van der Waals surface area contributed by atoms with Crippen LogP contribution in [0.4, 0.5) is 16.2 Å². The van der Waals surface area contributed by atoms with Crippen LogP contribution in [0.2, 0.25) is 0 Å². The maximum absolute atomic E-state index is 11.8. The van der Waals surface area contributed by atoms with Gasteiger partial charge in [-0.05, 0) is 19.1 Å². The second kappa shape index (κ2) is 7.10. The predicted molar refractivity (Wildman–Crippen MR) is 72.9 cm³/mol. The zero-order chi connectivity index (χ0) is 14.3. The normalized spacial score (nSPS) is 9.74. The van der Waals surface area contributed by atoms with E-state index in [2.05, 4.69) is 10.6 Å². The molecule has 2 amide bonds. The summed E-state index contributed by atoms with van der Waals surface area (Å²) >= 11 is 0. The van der Waals surface area contributed by atoms with Crippen molar-refractivity contribution in [2.45, 2.75) is 6.92 Å². The standard InChI is InChI=1S/C12H18N4O3/c1-2-19-11(17)8-4-3-5-9(13)10(8)15-6-7-16-12(14)18/h3-5,15H,2,6-7,13H2,1H3,(H3,14,16,18). The summed E-state index contributed by atoms with van der Waals surface area (Å²) in [4.78, 5) is 22.3. The molecule has 0 bridgehead atoms. The number of urea groups is 1. The summed E-state index contributed by atoms with van der Waals surface area (Å²) in [7, 11) is 0. The maximum Gasteiger partial charge on any atom is 0.340 e. The summed E-state index contributed by atoms with van der Waals surface area (Å²) in [5.41, 5.74) is 12.0. The topological polar surface area (TPSA) is 119 Å². The van der Waals surface area contributed by atoms with Crippen LogP contribution in [-0.2, 0) is 4.74 Å². The molecule has 0 saturated carbocycles. The summed E-state index contributed by atoms with van der Waals surface area (Å²) in [6, 6.07) is 4.37. The fourth-order valence-corrected chi connectivity index (χ4v) is 1.52. The van der Waals surface area contributed by atoms with Crippen molar-refractivity contribution < 1.29 is 14.3 Å². The molecule has 0 aromatic heterocycles. The Hall–Kier alpha value is -2.44. The highest BCUT2D eigenvalue weighted by atomic mass is 16.5. The first-order valence-electron chi connectivity index (χ1n) is 5.89. The van der Waals surface area contributed by atoms with Crippen molar-refractivity contribution in [2.24, 2.45) is 5.73 Å². The Labute approximate surface area is 111 Å². The second-order valence-electron chi connectivity index (χ2n) is 3.71. The minimum atomic E-state index is -0.603. The first-order valence-corrected chi connectivity index (χ1v) is 5.89. The van der Waals surface area contributed by atoms with E-state index < -0.39 is 12.0 Å². The van der Waals surface area contributed by atoms with Crippen molar-refractivity contribution in [1.82, 2.24) is 5.32 Å². The Balaban J connectivity index is 2.74. The van der Waals surface area contributed by atoms with Crippen molar-refractivity contribution in [1.29, 1.82) is 0 Å². The molecule has 19 heavy (non-hydrogen) atoms. The number of esters is 1. The van der Waals surface area contributed by atoms with E-state index in [0.29, 0.717) is 30.0 Å². The number of benzene rings is 1. The van der Waals surface area contributed by atoms with E-state index in [1.165, 1.54) is 0 Å². The van der Waals surface area contributed by atoms with Crippen LogP contribution in [0.3, 0.4) is 0 Å². The number of nitrogens with two attached hydrogens (primary N) is 2. The number of nitrogen functional groups attached to an aromatic ring is 1. The molecular formula is C12H18N4O3. The number of amides is 2. The number of anilines is 2. The number of hydrogen-bond acceptors (Lipinski definition) is 5. The van der Waals surface area contributed by atoms with Crippen LogP contribution in [-0.4, -0.2) is 31.7 Å². The summed E-state index contributed by atoms with van der Waals surface area (Å²) in [6.45, 7) is 2.74. The number of carbonyl (C=O) groups excluding carboxylic acids is 2. The number of carbonyl (C=O) groups is 2. The lowest BCUT2D eigenvalue weighted by molar-refractivity contribution is 0.0527. The van der Waals surface area contributed by atoms with E-state index in [0.717, 1.165) is 0 Å². The summed E-state index contributed by atoms with van der Waals surface area (Å²) in [5.74, 6) is -0.444. The molecule has 0 aliphatic carbocycles. The smallest absolute Gasteiger partial charge is 0.340 e. The fraction of sp³-hybridized carbons (Fsp3) is 0.333. The highest BCUT2D eigenvalue weighted by Crippen LogP contribution is 2.23. The van der Waals surface area contributed by atoms with Gasteiger partial charge in [0.1, 0.15) is 0 Å². The van der Waals surface area contributed by atoms with Gasteiger partial charge in [-0.1, -0.05) is 6.07 Å². The van der Waals surface area contributed by atoms with Gasteiger partial charge >= 0.3 is 12.0 Å². The van der Waals surface area contributed by atoms with E-state index >= 15 is 0 Å². The van der Waals surface area contributed by atoms with Crippen molar-refractivity contribution in [3.63, 3.8) is 0 Å². The Bertz CT molecular complexity index is 462. The summed E-state index contributed by atoms with van der Waals surface area (Å²) in [5, 5.41) is 5.41.